The van der Waals surface area contributed by atoms with Crippen LogP contribution in [0.3, 0.4) is 0 Å². The van der Waals surface area contributed by atoms with Crippen molar-refractivity contribution < 1.29 is 13.2 Å². The Bertz CT molecular complexity index is 788. The number of thiocarbonyl (C=S) groups is 1. The van der Waals surface area contributed by atoms with E-state index in [0.29, 0.717) is 15.6 Å². The molecule has 0 radical (unpaired) electrons. The van der Waals surface area contributed by atoms with E-state index >= 15 is 0 Å². The number of halogens is 1. The third kappa shape index (κ3) is 3.15. The molecule has 3 rings (SSSR count). The lowest BCUT2D eigenvalue weighted by Crippen LogP contribution is -2.39. The van der Waals surface area contributed by atoms with Crippen LogP contribution in [0.1, 0.15) is 12.0 Å². The fraction of sp³-hybridized carbons (Fsp3) is 0.286. The molecular weight excluding hydrogens is 406 g/mol. The van der Waals surface area contributed by atoms with E-state index in [1.54, 1.807) is 6.08 Å². The van der Waals surface area contributed by atoms with Crippen LogP contribution in [0.25, 0.3) is 6.08 Å². The molecular formula is C14H12BrNO3S3. The zero-order valence-electron chi connectivity index (χ0n) is 11.4. The van der Waals surface area contributed by atoms with Crippen LogP contribution >= 0.6 is 39.9 Å². The summed E-state index contributed by atoms with van der Waals surface area (Å²) < 4.78 is 24.6. The van der Waals surface area contributed by atoms with Crippen LogP contribution in [0.5, 0.6) is 0 Å². The van der Waals surface area contributed by atoms with Crippen molar-refractivity contribution in [2.45, 2.75) is 12.5 Å². The molecule has 0 aliphatic carbocycles. The molecule has 2 aliphatic heterocycles. The highest BCUT2D eigenvalue weighted by atomic mass is 79.9. The van der Waals surface area contributed by atoms with Crippen molar-refractivity contribution in [3.63, 3.8) is 0 Å². The number of nitrogens with zero attached hydrogens (tertiary/aromatic N) is 1. The van der Waals surface area contributed by atoms with E-state index in [-0.39, 0.29) is 23.5 Å². The number of hydrogen-bond acceptors (Lipinski definition) is 5. The SMILES string of the molecule is O=C1/C(=C/c2ccccc2Br)SC(=S)N1[C@H]1CCS(=O)(=O)C1. The quantitative estimate of drug-likeness (QED) is 0.546. The normalized spacial score (nSPS) is 26.1. The summed E-state index contributed by atoms with van der Waals surface area (Å²) >= 11 is 9.95. The van der Waals surface area contributed by atoms with Gasteiger partial charge in [0.15, 0.2) is 9.84 Å². The van der Waals surface area contributed by atoms with Crippen LogP contribution in [-0.4, -0.2) is 41.1 Å². The van der Waals surface area contributed by atoms with Crippen molar-refractivity contribution in [2.24, 2.45) is 0 Å². The van der Waals surface area contributed by atoms with Crippen LogP contribution < -0.4 is 0 Å². The van der Waals surface area contributed by atoms with Gasteiger partial charge < -0.3 is 0 Å². The van der Waals surface area contributed by atoms with Crippen LogP contribution in [0.2, 0.25) is 0 Å². The molecule has 116 valence electrons. The predicted molar refractivity (Wildman–Crippen MR) is 96.2 cm³/mol. The van der Waals surface area contributed by atoms with Crippen molar-refractivity contribution in [2.75, 3.05) is 11.5 Å². The number of carbonyl (C=O) groups excluding carboxylic acids is 1. The highest BCUT2D eigenvalue weighted by Crippen LogP contribution is 2.36. The molecule has 0 unspecified atom stereocenters. The first-order valence-electron chi connectivity index (χ1n) is 6.59. The minimum atomic E-state index is -3.05. The van der Waals surface area contributed by atoms with Crippen LogP contribution in [-0.2, 0) is 14.6 Å². The van der Waals surface area contributed by atoms with Gasteiger partial charge in [-0.2, -0.15) is 0 Å². The summed E-state index contributed by atoms with van der Waals surface area (Å²) in [5.74, 6) is -0.0763. The molecule has 1 aromatic rings. The largest absolute Gasteiger partial charge is 0.289 e. The lowest BCUT2D eigenvalue weighted by atomic mass is 10.2. The van der Waals surface area contributed by atoms with Gasteiger partial charge in [0.05, 0.1) is 22.5 Å². The van der Waals surface area contributed by atoms with Gasteiger partial charge >= 0.3 is 0 Å². The maximum absolute atomic E-state index is 12.6. The average molecular weight is 418 g/mol. The Morgan fingerprint density at radius 3 is 2.73 bits per heavy atom. The maximum Gasteiger partial charge on any atom is 0.266 e. The standard InChI is InChI=1S/C14H12BrNO3S3/c15-11-4-2-1-3-9(11)7-12-13(17)16(14(20)21-12)10-5-6-22(18,19)8-10/h1-4,7,10H,5-6,8H2/b12-7-/t10-/m0/s1. The van der Waals surface area contributed by atoms with Gasteiger partial charge in [0, 0.05) is 4.47 Å². The van der Waals surface area contributed by atoms with Crippen molar-refractivity contribution in [1.29, 1.82) is 0 Å². The zero-order valence-corrected chi connectivity index (χ0v) is 15.4. The Morgan fingerprint density at radius 2 is 2.09 bits per heavy atom. The second-order valence-electron chi connectivity index (χ2n) is 5.13. The number of rotatable bonds is 2. The summed E-state index contributed by atoms with van der Waals surface area (Å²) in [4.78, 5) is 14.6. The summed E-state index contributed by atoms with van der Waals surface area (Å²) in [6.07, 6.45) is 2.24. The summed E-state index contributed by atoms with van der Waals surface area (Å²) in [6, 6.07) is 7.26. The van der Waals surface area contributed by atoms with Crippen molar-refractivity contribution in [1.82, 2.24) is 4.90 Å². The van der Waals surface area contributed by atoms with E-state index in [1.165, 1.54) is 16.7 Å². The Hall–Kier alpha value is -0.700. The van der Waals surface area contributed by atoms with Crippen molar-refractivity contribution in [3.8, 4) is 0 Å². The fourth-order valence-electron chi connectivity index (χ4n) is 2.51. The zero-order chi connectivity index (χ0) is 15.9. The van der Waals surface area contributed by atoms with Gasteiger partial charge in [-0.15, -0.1) is 0 Å². The van der Waals surface area contributed by atoms with Crippen LogP contribution in [0, 0.1) is 0 Å². The molecule has 0 N–H and O–H groups in total. The second-order valence-corrected chi connectivity index (χ2v) is 9.89. The number of hydrogen-bond donors (Lipinski definition) is 0. The molecule has 0 saturated carbocycles. The van der Waals surface area contributed by atoms with Crippen LogP contribution in [0.15, 0.2) is 33.6 Å². The Balaban J connectivity index is 1.88. The van der Waals surface area contributed by atoms with Gasteiger partial charge in [0.25, 0.3) is 5.91 Å². The first-order valence-corrected chi connectivity index (χ1v) is 10.4. The Labute approximate surface area is 147 Å². The molecule has 22 heavy (non-hydrogen) atoms. The summed E-state index contributed by atoms with van der Waals surface area (Å²) in [5.41, 5.74) is 0.891. The summed E-state index contributed by atoms with van der Waals surface area (Å²) in [7, 11) is -3.05. The molecule has 1 amide bonds. The molecule has 0 bridgehead atoms. The minimum absolute atomic E-state index is 0.00174. The topological polar surface area (TPSA) is 54.5 Å². The van der Waals surface area contributed by atoms with Gasteiger partial charge in [0.1, 0.15) is 4.32 Å². The van der Waals surface area contributed by atoms with Crippen LogP contribution in [0.4, 0.5) is 0 Å². The van der Waals surface area contributed by atoms with E-state index in [4.69, 9.17) is 12.2 Å². The van der Waals surface area contributed by atoms with Crippen molar-refractivity contribution >= 4 is 66.1 Å². The first-order chi connectivity index (χ1) is 10.4. The maximum atomic E-state index is 12.6. The smallest absolute Gasteiger partial charge is 0.266 e. The van der Waals surface area contributed by atoms with E-state index in [0.717, 1.165) is 10.0 Å². The lowest BCUT2D eigenvalue weighted by molar-refractivity contribution is -0.123. The predicted octanol–water partition coefficient (Wildman–Crippen LogP) is 2.84. The van der Waals surface area contributed by atoms with E-state index in [2.05, 4.69) is 15.9 Å². The third-order valence-electron chi connectivity index (χ3n) is 3.59. The fourth-order valence-corrected chi connectivity index (χ4v) is 6.00. The minimum Gasteiger partial charge on any atom is -0.289 e. The second kappa shape index (κ2) is 6.07. The number of thioether (sulfide) groups is 1. The van der Waals surface area contributed by atoms with E-state index < -0.39 is 9.84 Å². The molecule has 2 aliphatic rings. The molecule has 8 heteroatoms. The number of sulfone groups is 1. The molecule has 1 aromatic carbocycles. The van der Waals surface area contributed by atoms with Gasteiger partial charge in [0.2, 0.25) is 0 Å². The summed E-state index contributed by atoms with van der Waals surface area (Å²) in [6.45, 7) is 0. The monoisotopic (exact) mass is 417 g/mol. The average Bonchev–Trinajstić information content (AvgIpc) is 2.92. The summed E-state index contributed by atoms with van der Waals surface area (Å²) in [5, 5.41) is 0. The molecule has 2 saturated heterocycles. The number of benzene rings is 1. The first kappa shape index (κ1) is 16.2. The molecule has 2 fully saturated rings. The molecule has 4 nitrogen and oxygen atoms in total. The molecule has 1 atom stereocenters. The highest BCUT2D eigenvalue weighted by Gasteiger charge is 2.42. The van der Waals surface area contributed by atoms with Gasteiger partial charge in [-0.25, -0.2) is 8.42 Å². The van der Waals surface area contributed by atoms with Crippen molar-refractivity contribution in [3.05, 3.63) is 39.2 Å². The van der Waals surface area contributed by atoms with Gasteiger partial charge in [-0.05, 0) is 24.1 Å². The number of carbonyl (C=O) groups is 1. The van der Waals surface area contributed by atoms with E-state index in [9.17, 15) is 13.2 Å². The third-order valence-corrected chi connectivity index (χ3v) is 7.39. The highest BCUT2D eigenvalue weighted by molar-refractivity contribution is 9.10. The lowest BCUT2D eigenvalue weighted by Gasteiger charge is -2.20. The molecule has 0 spiro atoms. The van der Waals surface area contributed by atoms with E-state index in [1.807, 2.05) is 24.3 Å². The van der Waals surface area contributed by atoms with Gasteiger partial charge in [-0.3, -0.25) is 9.69 Å². The number of amides is 1. The molecule has 0 aromatic heterocycles. The Kier molecular flexibility index (Phi) is 4.46. The van der Waals surface area contributed by atoms with Gasteiger partial charge in [-0.1, -0.05) is 58.1 Å². The Morgan fingerprint density at radius 1 is 1.36 bits per heavy atom. The molecule has 2 heterocycles.